The van der Waals surface area contributed by atoms with Crippen molar-refractivity contribution in [3.05, 3.63) is 42.4 Å². The Morgan fingerprint density at radius 3 is 2.90 bits per heavy atom. The zero-order valence-electron chi connectivity index (χ0n) is 11.2. The molecule has 7 nitrogen and oxygen atoms in total. The fourth-order valence-electron chi connectivity index (χ4n) is 1.92. The van der Waals surface area contributed by atoms with Gasteiger partial charge in [-0.25, -0.2) is 18.1 Å². The van der Waals surface area contributed by atoms with Gasteiger partial charge in [-0.2, -0.15) is 0 Å². The molecule has 1 aromatic heterocycles. The molecule has 0 unspecified atom stereocenters. The van der Waals surface area contributed by atoms with E-state index in [9.17, 15) is 8.42 Å². The van der Waals surface area contributed by atoms with Gasteiger partial charge < -0.3 is 14.5 Å². The molecule has 1 aliphatic heterocycles. The lowest BCUT2D eigenvalue weighted by Crippen LogP contribution is -2.40. The molecule has 2 N–H and O–H groups in total. The van der Waals surface area contributed by atoms with Crippen LogP contribution in [0, 0.1) is 0 Å². The van der Waals surface area contributed by atoms with Crippen molar-refractivity contribution < 1.29 is 17.6 Å². The van der Waals surface area contributed by atoms with Gasteiger partial charge in [0.1, 0.15) is 22.9 Å². The third kappa shape index (κ3) is 2.70. The van der Waals surface area contributed by atoms with Crippen LogP contribution in [-0.4, -0.2) is 21.5 Å². The van der Waals surface area contributed by atoms with Crippen LogP contribution < -0.4 is 14.8 Å². The number of rotatable bonds is 3. The van der Waals surface area contributed by atoms with Crippen molar-refractivity contribution in [1.82, 2.24) is 4.72 Å². The Labute approximate surface area is 121 Å². The van der Waals surface area contributed by atoms with E-state index in [2.05, 4.69) is 15.0 Å². The highest BCUT2D eigenvalue weighted by Crippen LogP contribution is 2.28. The molecule has 0 radical (unpaired) electrons. The number of benzene rings is 1. The monoisotopic (exact) mass is 307 g/mol. The van der Waals surface area contributed by atoms with Gasteiger partial charge in [-0.05, 0) is 24.3 Å². The lowest BCUT2D eigenvalue weighted by Gasteiger charge is -2.21. The summed E-state index contributed by atoms with van der Waals surface area (Å²) in [7, 11) is -2.19. The Hall–Kier alpha value is -2.48. The van der Waals surface area contributed by atoms with Crippen LogP contribution in [0.5, 0.6) is 5.75 Å². The van der Waals surface area contributed by atoms with E-state index in [1.165, 1.54) is 19.4 Å². The van der Waals surface area contributed by atoms with Gasteiger partial charge in [0.15, 0.2) is 0 Å². The Kier molecular flexibility index (Phi) is 3.30. The number of furan rings is 1. The number of guanidine groups is 1. The molecule has 0 saturated heterocycles. The Morgan fingerprint density at radius 1 is 1.33 bits per heavy atom. The van der Waals surface area contributed by atoms with Crippen molar-refractivity contribution >= 4 is 21.7 Å². The maximum atomic E-state index is 12.2. The number of anilines is 1. The smallest absolute Gasteiger partial charge is 0.266 e. The van der Waals surface area contributed by atoms with E-state index < -0.39 is 10.0 Å². The SMILES string of the molecule is COc1ccc2c(c1)S(=O)(=O)NC(=NCc1ccco1)N2. The molecule has 0 atom stereocenters. The van der Waals surface area contributed by atoms with Gasteiger partial charge in [0.05, 0.1) is 19.1 Å². The number of nitrogens with one attached hydrogen (secondary N) is 2. The van der Waals surface area contributed by atoms with Crippen molar-refractivity contribution in [3.8, 4) is 5.75 Å². The molecule has 8 heteroatoms. The second kappa shape index (κ2) is 5.13. The number of fused-ring (bicyclic) bond motifs is 1. The van der Waals surface area contributed by atoms with E-state index >= 15 is 0 Å². The zero-order valence-corrected chi connectivity index (χ0v) is 12.0. The second-order valence-corrected chi connectivity index (χ2v) is 5.99. The average molecular weight is 307 g/mol. The molecule has 0 saturated carbocycles. The number of sulfonamides is 1. The zero-order chi connectivity index (χ0) is 14.9. The molecule has 1 aromatic carbocycles. The summed E-state index contributed by atoms with van der Waals surface area (Å²) in [5.41, 5.74) is 0.452. The quantitative estimate of drug-likeness (QED) is 0.897. The normalized spacial score (nSPS) is 17.7. The van der Waals surface area contributed by atoms with Crippen LogP contribution in [0.25, 0.3) is 0 Å². The van der Waals surface area contributed by atoms with Crippen LogP contribution in [0.15, 0.2) is 50.9 Å². The van der Waals surface area contributed by atoms with E-state index in [0.29, 0.717) is 17.2 Å². The number of nitrogens with zero attached hydrogens (tertiary/aromatic N) is 1. The van der Waals surface area contributed by atoms with E-state index in [1.807, 2.05) is 0 Å². The maximum absolute atomic E-state index is 12.2. The predicted molar refractivity (Wildman–Crippen MR) is 76.8 cm³/mol. The van der Waals surface area contributed by atoms with Crippen LogP contribution in [0.4, 0.5) is 5.69 Å². The van der Waals surface area contributed by atoms with Crippen molar-refractivity contribution in [2.24, 2.45) is 4.99 Å². The molecular weight excluding hydrogens is 294 g/mol. The summed E-state index contributed by atoms with van der Waals surface area (Å²) in [6.45, 7) is 0.239. The van der Waals surface area contributed by atoms with E-state index in [-0.39, 0.29) is 17.4 Å². The van der Waals surface area contributed by atoms with E-state index in [4.69, 9.17) is 9.15 Å². The fraction of sp³-hybridized carbons (Fsp3) is 0.154. The van der Waals surface area contributed by atoms with Crippen molar-refractivity contribution in [2.75, 3.05) is 12.4 Å². The molecule has 0 fully saturated rings. The first-order chi connectivity index (χ1) is 10.1. The molecule has 1 aliphatic rings. The number of methoxy groups -OCH3 is 1. The molecule has 0 aliphatic carbocycles. The minimum absolute atomic E-state index is 0.124. The highest BCUT2D eigenvalue weighted by atomic mass is 32.2. The molecule has 0 bridgehead atoms. The lowest BCUT2D eigenvalue weighted by atomic mass is 10.3. The largest absolute Gasteiger partial charge is 0.497 e. The molecule has 2 heterocycles. The summed E-state index contributed by atoms with van der Waals surface area (Å²) >= 11 is 0. The van der Waals surface area contributed by atoms with Crippen molar-refractivity contribution in [1.29, 1.82) is 0 Å². The van der Waals surface area contributed by atoms with Gasteiger partial charge >= 0.3 is 0 Å². The summed E-state index contributed by atoms with van der Waals surface area (Å²) < 4.78 is 37.0. The van der Waals surface area contributed by atoms with Gasteiger partial charge in [-0.15, -0.1) is 0 Å². The first kappa shape index (κ1) is 13.5. The van der Waals surface area contributed by atoms with Crippen LogP contribution in [0.3, 0.4) is 0 Å². The first-order valence-corrected chi connectivity index (χ1v) is 7.61. The van der Waals surface area contributed by atoms with E-state index in [0.717, 1.165) is 0 Å². The summed E-state index contributed by atoms with van der Waals surface area (Å²) in [4.78, 5) is 4.28. The number of hydrogen-bond acceptors (Lipinski definition) is 5. The highest BCUT2D eigenvalue weighted by Gasteiger charge is 2.27. The Morgan fingerprint density at radius 2 is 2.19 bits per heavy atom. The standard InChI is InChI=1S/C13H13N3O4S/c1-19-9-4-5-11-12(7-9)21(17,18)16-13(15-11)14-8-10-3-2-6-20-10/h2-7H,8H2,1H3,(H2,14,15,16). The van der Waals surface area contributed by atoms with Gasteiger partial charge in [0, 0.05) is 6.07 Å². The average Bonchev–Trinajstić information content (AvgIpc) is 2.97. The fourth-order valence-corrected chi connectivity index (χ4v) is 3.08. The van der Waals surface area contributed by atoms with Crippen LogP contribution in [-0.2, 0) is 16.6 Å². The van der Waals surface area contributed by atoms with Crippen molar-refractivity contribution in [3.63, 3.8) is 0 Å². The summed E-state index contributed by atoms with van der Waals surface area (Å²) in [6, 6.07) is 8.27. The minimum atomic E-state index is -3.67. The second-order valence-electron chi connectivity index (χ2n) is 4.34. The third-order valence-electron chi connectivity index (χ3n) is 2.94. The number of hydrogen-bond donors (Lipinski definition) is 2. The topological polar surface area (TPSA) is 92.9 Å². The lowest BCUT2D eigenvalue weighted by molar-refractivity contribution is 0.413. The van der Waals surface area contributed by atoms with Gasteiger partial charge in [-0.3, -0.25) is 0 Å². The summed E-state index contributed by atoms with van der Waals surface area (Å²) in [6.07, 6.45) is 1.54. The highest BCUT2D eigenvalue weighted by molar-refractivity contribution is 7.90. The molecule has 21 heavy (non-hydrogen) atoms. The minimum Gasteiger partial charge on any atom is -0.497 e. The van der Waals surface area contributed by atoms with Gasteiger partial charge in [0.25, 0.3) is 10.0 Å². The van der Waals surface area contributed by atoms with Crippen LogP contribution in [0.1, 0.15) is 5.76 Å². The van der Waals surface area contributed by atoms with Crippen LogP contribution in [0.2, 0.25) is 0 Å². The number of aliphatic imine (C=N–C) groups is 1. The van der Waals surface area contributed by atoms with E-state index in [1.54, 1.807) is 24.3 Å². The molecule has 0 spiro atoms. The Balaban J connectivity index is 1.91. The Bertz CT molecular complexity index is 782. The first-order valence-electron chi connectivity index (χ1n) is 6.13. The van der Waals surface area contributed by atoms with Gasteiger partial charge in [-0.1, -0.05) is 0 Å². The maximum Gasteiger partial charge on any atom is 0.266 e. The molecular formula is C13H13N3O4S. The van der Waals surface area contributed by atoms with Gasteiger partial charge in [0.2, 0.25) is 5.96 Å². The molecule has 0 amide bonds. The summed E-state index contributed by atoms with van der Waals surface area (Å²) in [5, 5.41) is 2.93. The predicted octanol–water partition coefficient (Wildman–Crippen LogP) is 1.55. The number of ether oxygens (including phenoxy) is 1. The van der Waals surface area contributed by atoms with Crippen molar-refractivity contribution in [2.45, 2.75) is 11.4 Å². The molecule has 3 rings (SSSR count). The van der Waals surface area contributed by atoms with Crippen LogP contribution >= 0.6 is 0 Å². The third-order valence-corrected chi connectivity index (χ3v) is 4.31. The molecule has 110 valence electrons. The summed E-state index contributed by atoms with van der Waals surface area (Å²) in [5.74, 6) is 1.27. The molecule has 2 aromatic rings.